The molecule has 3 rings (SSSR count). The van der Waals surface area contributed by atoms with Crippen molar-refractivity contribution in [3.05, 3.63) is 35.9 Å². The van der Waals surface area contributed by atoms with Gasteiger partial charge in [0.05, 0.1) is 18.1 Å². The van der Waals surface area contributed by atoms with Crippen LogP contribution in [-0.2, 0) is 9.59 Å². The second kappa shape index (κ2) is 7.48. The van der Waals surface area contributed by atoms with E-state index in [1.807, 2.05) is 15.9 Å². The highest BCUT2D eigenvalue weighted by Gasteiger charge is 2.49. The highest BCUT2D eigenvalue weighted by atomic mass is 16.2. The zero-order valence-electron chi connectivity index (χ0n) is 15.5. The average molecular weight is 357 g/mol. The number of rotatable bonds is 3. The zero-order valence-corrected chi connectivity index (χ0v) is 15.5. The molecule has 0 radical (unpaired) electrons. The molecule has 2 atom stereocenters. The molecule has 0 bridgehead atoms. The van der Waals surface area contributed by atoms with E-state index in [4.69, 9.17) is 0 Å². The Hall–Kier alpha value is -2.37. The number of fused-ring (bicyclic) bond motifs is 1. The van der Waals surface area contributed by atoms with E-state index < -0.39 is 0 Å². The molecule has 26 heavy (non-hydrogen) atoms. The molecule has 1 N–H and O–H groups in total. The summed E-state index contributed by atoms with van der Waals surface area (Å²) in [5.74, 6) is -0.244. The summed E-state index contributed by atoms with van der Waals surface area (Å²) in [7, 11) is 0. The van der Waals surface area contributed by atoms with E-state index in [0.717, 1.165) is 32.2 Å². The fourth-order valence-corrected chi connectivity index (χ4v) is 4.47. The van der Waals surface area contributed by atoms with Gasteiger partial charge < -0.3 is 15.1 Å². The number of carbonyl (C=O) groups excluding carboxylic acids is 3. The van der Waals surface area contributed by atoms with Gasteiger partial charge in [-0.25, -0.2) is 0 Å². The Bertz CT molecular complexity index is 691. The number of amides is 3. The lowest BCUT2D eigenvalue weighted by molar-refractivity contribution is -0.154. The second-order valence-corrected chi connectivity index (χ2v) is 7.43. The van der Waals surface area contributed by atoms with Crippen LogP contribution in [0.1, 0.15) is 49.9 Å². The number of hydrogen-bond donors (Lipinski definition) is 1. The second-order valence-electron chi connectivity index (χ2n) is 7.43. The van der Waals surface area contributed by atoms with Crippen LogP contribution in [-0.4, -0.2) is 58.7 Å². The van der Waals surface area contributed by atoms with Crippen LogP contribution >= 0.6 is 0 Å². The normalized spacial score (nSPS) is 25.4. The van der Waals surface area contributed by atoms with E-state index in [0.29, 0.717) is 12.1 Å². The number of nitrogens with zero attached hydrogens (tertiary/aromatic N) is 2. The van der Waals surface area contributed by atoms with Crippen LogP contribution in [0.15, 0.2) is 30.3 Å². The van der Waals surface area contributed by atoms with Gasteiger partial charge in [-0.15, -0.1) is 0 Å². The van der Waals surface area contributed by atoms with Crippen molar-refractivity contribution in [1.82, 2.24) is 15.1 Å². The lowest BCUT2D eigenvalue weighted by Crippen LogP contribution is -2.68. The summed E-state index contributed by atoms with van der Waals surface area (Å²) in [5.41, 5.74) is 0.194. The highest BCUT2D eigenvalue weighted by Crippen LogP contribution is 2.39. The molecule has 2 saturated heterocycles. The van der Waals surface area contributed by atoms with Crippen LogP contribution in [0, 0.1) is 0 Å². The first-order chi connectivity index (χ1) is 12.4. The maximum atomic E-state index is 12.9. The van der Waals surface area contributed by atoms with E-state index >= 15 is 0 Å². The molecule has 6 nitrogen and oxygen atoms in total. The Kier molecular flexibility index (Phi) is 5.30. The van der Waals surface area contributed by atoms with Gasteiger partial charge in [-0.05, 0) is 44.7 Å². The van der Waals surface area contributed by atoms with Gasteiger partial charge in [-0.3, -0.25) is 14.4 Å². The molecule has 1 aromatic rings. The SMILES string of the molecule is CC(=O)N1CCC[C@@]2(C)[C@@H]1CCCN2C(=O)CNC(=O)c1ccccc1. The Labute approximate surface area is 154 Å². The van der Waals surface area contributed by atoms with Crippen molar-refractivity contribution in [2.45, 2.75) is 51.1 Å². The van der Waals surface area contributed by atoms with E-state index in [2.05, 4.69) is 12.2 Å². The molecule has 0 aliphatic carbocycles. The molecule has 6 heteroatoms. The largest absolute Gasteiger partial charge is 0.343 e. The minimum atomic E-state index is -0.350. The van der Waals surface area contributed by atoms with E-state index in [1.54, 1.807) is 31.2 Å². The predicted octanol–water partition coefficient (Wildman–Crippen LogP) is 1.81. The van der Waals surface area contributed by atoms with Gasteiger partial charge in [0.2, 0.25) is 11.8 Å². The quantitative estimate of drug-likeness (QED) is 0.897. The number of piperidine rings is 2. The van der Waals surface area contributed by atoms with Gasteiger partial charge in [-0.1, -0.05) is 18.2 Å². The van der Waals surface area contributed by atoms with Crippen LogP contribution in [0.25, 0.3) is 0 Å². The standard InChI is InChI=1S/C20H27N3O3/c1-15(24)22-12-7-11-20(2)17(22)10-6-13-23(20)18(25)14-21-19(26)16-8-4-3-5-9-16/h3-5,8-9,17H,6-7,10-14H2,1-2H3,(H,21,26)/t17-,20-/m0/s1. The molecule has 2 aliphatic rings. The topological polar surface area (TPSA) is 69.7 Å². The van der Waals surface area contributed by atoms with Crippen molar-refractivity contribution in [2.75, 3.05) is 19.6 Å². The Morgan fingerprint density at radius 1 is 1.15 bits per heavy atom. The van der Waals surface area contributed by atoms with Crippen molar-refractivity contribution in [3.8, 4) is 0 Å². The maximum Gasteiger partial charge on any atom is 0.251 e. The van der Waals surface area contributed by atoms with E-state index in [-0.39, 0.29) is 35.8 Å². The summed E-state index contributed by atoms with van der Waals surface area (Å²) in [6.45, 7) is 5.12. The fraction of sp³-hybridized carbons (Fsp3) is 0.550. The van der Waals surface area contributed by atoms with Crippen molar-refractivity contribution in [2.24, 2.45) is 0 Å². The summed E-state index contributed by atoms with van der Waals surface area (Å²) in [5, 5.41) is 2.73. The fourth-order valence-electron chi connectivity index (χ4n) is 4.47. The molecule has 2 heterocycles. The minimum absolute atomic E-state index is 0.0177. The third-order valence-corrected chi connectivity index (χ3v) is 5.79. The molecule has 0 unspecified atom stereocenters. The zero-order chi connectivity index (χ0) is 18.7. The number of hydrogen-bond acceptors (Lipinski definition) is 3. The Balaban J connectivity index is 1.68. The Morgan fingerprint density at radius 3 is 2.58 bits per heavy atom. The number of nitrogens with one attached hydrogen (secondary N) is 1. The highest BCUT2D eigenvalue weighted by molar-refractivity contribution is 5.96. The molecule has 140 valence electrons. The summed E-state index contributed by atoms with van der Waals surface area (Å²) in [6.07, 6.45) is 3.59. The molecule has 0 aromatic heterocycles. The van der Waals surface area contributed by atoms with Crippen LogP contribution in [0.5, 0.6) is 0 Å². The third kappa shape index (κ3) is 3.45. The predicted molar refractivity (Wildman–Crippen MR) is 98.5 cm³/mol. The molecule has 2 aliphatic heterocycles. The Morgan fingerprint density at radius 2 is 1.88 bits per heavy atom. The summed E-state index contributed by atoms with van der Waals surface area (Å²) >= 11 is 0. The van der Waals surface area contributed by atoms with Gasteiger partial charge in [0, 0.05) is 25.6 Å². The molecule has 0 saturated carbocycles. The molecular formula is C20H27N3O3. The maximum absolute atomic E-state index is 12.9. The monoisotopic (exact) mass is 357 g/mol. The first-order valence-electron chi connectivity index (χ1n) is 9.34. The van der Waals surface area contributed by atoms with Crippen LogP contribution in [0.3, 0.4) is 0 Å². The van der Waals surface area contributed by atoms with E-state index in [1.165, 1.54) is 0 Å². The van der Waals surface area contributed by atoms with Crippen molar-refractivity contribution < 1.29 is 14.4 Å². The van der Waals surface area contributed by atoms with Crippen molar-refractivity contribution in [3.63, 3.8) is 0 Å². The minimum Gasteiger partial charge on any atom is -0.343 e. The lowest BCUT2D eigenvalue weighted by Gasteiger charge is -2.56. The molecule has 2 fully saturated rings. The smallest absolute Gasteiger partial charge is 0.251 e. The van der Waals surface area contributed by atoms with Gasteiger partial charge in [0.25, 0.3) is 5.91 Å². The lowest BCUT2D eigenvalue weighted by atomic mass is 9.76. The molecule has 0 spiro atoms. The van der Waals surface area contributed by atoms with Crippen LogP contribution in [0.2, 0.25) is 0 Å². The van der Waals surface area contributed by atoms with Gasteiger partial charge in [0.15, 0.2) is 0 Å². The average Bonchev–Trinajstić information content (AvgIpc) is 2.64. The van der Waals surface area contributed by atoms with Crippen LogP contribution in [0.4, 0.5) is 0 Å². The summed E-state index contributed by atoms with van der Waals surface area (Å²) < 4.78 is 0. The van der Waals surface area contributed by atoms with E-state index in [9.17, 15) is 14.4 Å². The number of likely N-dealkylation sites (tertiary alicyclic amines) is 2. The third-order valence-electron chi connectivity index (χ3n) is 5.79. The van der Waals surface area contributed by atoms with Gasteiger partial charge >= 0.3 is 0 Å². The first kappa shape index (κ1) is 18.4. The van der Waals surface area contributed by atoms with Crippen LogP contribution < -0.4 is 5.32 Å². The van der Waals surface area contributed by atoms with Gasteiger partial charge in [0.1, 0.15) is 0 Å². The first-order valence-corrected chi connectivity index (χ1v) is 9.34. The van der Waals surface area contributed by atoms with Crippen molar-refractivity contribution >= 4 is 17.7 Å². The molecule has 1 aromatic carbocycles. The molecule has 3 amide bonds. The molecular weight excluding hydrogens is 330 g/mol. The number of carbonyl (C=O) groups is 3. The van der Waals surface area contributed by atoms with Gasteiger partial charge in [-0.2, -0.15) is 0 Å². The number of benzene rings is 1. The van der Waals surface area contributed by atoms with Crippen molar-refractivity contribution in [1.29, 1.82) is 0 Å². The summed E-state index contributed by atoms with van der Waals surface area (Å²) in [6, 6.07) is 8.96. The summed E-state index contributed by atoms with van der Waals surface area (Å²) in [4.78, 5) is 40.9.